The van der Waals surface area contributed by atoms with Gasteiger partial charge in [-0.05, 0) is 48.5 Å². The second-order valence-electron chi connectivity index (χ2n) is 9.93. The van der Waals surface area contributed by atoms with E-state index in [4.69, 9.17) is 18.9 Å². The molecule has 4 rings (SSSR count). The maximum atomic E-state index is 15.1. The van der Waals surface area contributed by atoms with Crippen LogP contribution < -0.4 is 19.5 Å². The SMILES string of the molecule is COc1cc2nccc(Oc3ccc(NC(=O)C(OC(=O)c4ccc(F)cc4)C(C)(C)C)cc3F)c2cc1OC. The summed E-state index contributed by atoms with van der Waals surface area (Å²) in [6, 6.07) is 13.7. The largest absolute Gasteiger partial charge is 0.493 e. The number of carbonyl (C=O) groups excluding carboxylic acids is 2. The van der Waals surface area contributed by atoms with Gasteiger partial charge in [-0.3, -0.25) is 9.78 Å². The third-order valence-electron chi connectivity index (χ3n) is 5.96. The molecular weight excluding hydrogens is 522 g/mol. The van der Waals surface area contributed by atoms with Crippen molar-refractivity contribution in [2.45, 2.75) is 26.9 Å². The zero-order chi connectivity index (χ0) is 29.0. The standard InChI is InChI=1S/C30H28F2N2O6/c1-30(2,3)27(40-29(36)17-6-8-18(31)9-7-17)28(35)34-19-10-11-24(21(32)14-19)39-23-12-13-33-22-16-26(38-5)25(37-4)15-20(22)23/h6-16,27H,1-5H3,(H,34,35). The summed E-state index contributed by atoms with van der Waals surface area (Å²) in [6.07, 6.45) is 0.301. The zero-order valence-corrected chi connectivity index (χ0v) is 22.6. The van der Waals surface area contributed by atoms with Crippen LogP contribution in [0.1, 0.15) is 31.1 Å². The van der Waals surface area contributed by atoms with Crippen LogP contribution in [0.4, 0.5) is 14.5 Å². The molecule has 1 heterocycles. The minimum Gasteiger partial charge on any atom is -0.493 e. The molecule has 0 aliphatic carbocycles. The number of aromatic nitrogens is 1. The minimum atomic E-state index is -1.22. The number of pyridine rings is 1. The maximum absolute atomic E-state index is 15.1. The Morgan fingerprint density at radius 3 is 2.15 bits per heavy atom. The molecule has 40 heavy (non-hydrogen) atoms. The fourth-order valence-electron chi connectivity index (χ4n) is 3.91. The molecule has 1 amide bonds. The molecule has 0 fully saturated rings. The highest BCUT2D eigenvalue weighted by atomic mass is 19.1. The van der Waals surface area contributed by atoms with Crippen LogP contribution in [0.5, 0.6) is 23.0 Å². The number of nitrogens with zero attached hydrogens (tertiary/aromatic N) is 1. The van der Waals surface area contributed by atoms with Crippen molar-refractivity contribution in [1.29, 1.82) is 0 Å². The lowest BCUT2D eigenvalue weighted by molar-refractivity contribution is -0.130. The predicted molar refractivity (Wildman–Crippen MR) is 145 cm³/mol. The number of rotatable bonds is 8. The number of methoxy groups -OCH3 is 2. The van der Waals surface area contributed by atoms with Gasteiger partial charge in [-0.1, -0.05) is 20.8 Å². The smallest absolute Gasteiger partial charge is 0.338 e. The van der Waals surface area contributed by atoms with Gasteiger partial charge in [0, 0.05) is 34.8 Å². The number of benzene rings is 3. The van der Waals surface area contributed by atoms with E-state index in [1.807, 2.05) is 0 Å². The van der Waals surface area contributed by atoms with Crippen LogP contribution in [0.15, 0.2) is 66.9 Å². The van der Waals surface area contributed by atoms with Crippen LogP contribution in [0.2, 0.25) is 0 Å². The second kappa shape index (κ2) is 11.6. The highest BCUT2D eigenvalue weighted by molar-refractivity contribution is 5.98. The number of carbonyl (C=O) groups is 2. The molecule has 1 atom stereocenters. The number of halogens is 2. The number of fused-ring (bicyclic) bond motifs is 1. The Balaban J connectivity index is 1.53. The molecule has 10 heteroatoms. The van der Waals surface area contributed by atoms with Gasteiger partial charge in [-0.15, -0.1) is 0 Å². The molecule has 3 aromatic carbocycles. The van der Waals surface area contributed by atoms with Crippen molar-refractivity contribution in [3.8, 4) is 23.0 Å². The fraction of sp³-hybridized carbons (Fsp3) is 0.233. The Kier molecular flexibility index (Phi) is 8.18. The van der Waals surface area contributed by atoms with Gasteiger partial charge < -0.3 is 24.3 Å². The molecule has 0 radical (unpaired) electrons. The molecule has 1 unspecified atom stereocenters. The van der Waals surface area contributed by atoms with Gasteiger partial charge in [0.2, 0.25) is 0 Å². The predicted octanol–water partition coefficient (Wildman–Crippen LogP) is 6.53. The quantitative estimate of drug-likeness (QED) is 0.249. The lowest BCUT2D eigenvalue weighted by atomic mass is 9.88. The van der Waals surface area contributed by atoms with E-state index in [1.165, 1.54) is 44.7 Å². The number of esters is 1. The van der Waals surface area contributed by atoms with Gasteiger partial charge in [0.25, 0.3) is 5.91 Å². The number of ether oxygens (including phenoxy) is 4. The topological polar surface area (TPSA) is 96.0 Å². The minimum absolute atomic E-state index is 0.0876. The molecular formula is C30H28F2N2O6. The summed E-state index contributed by atoms with van der Waals surface area (Å²) >= 11 is 0. The Morgan fingerprint density at radius 1 is 0.850 bits per heavy atom. The maximum Gasteiger partial charge on any atom is 0.338 e. The van der Waals surface area contributed by atoms with Crippen LogP contribution in [-0.2, 0) is 9.53 Å². The molecule has 0 aliphatic rings. The average Bonchev–Trinajstić information content (AvgIpc) is 2.92. The van der Waals surface area contributed by atoms with Crippen molar-refractivity contribution in [3.63, 3.8) is 0 Å². The average molecular weight is 551 g/mol. The van der Waals surface area contributed by atoms with Gasteiger partial charge in [0.05, 0.1) is 25.3 Å². The van der Waals surface area contributed by atoms with Crippen LogP contribution in [-0.4, -0.2) is 37.2 Å². The van der Waals surface area contributed by atoms with Gasteiger partial charge in [0.1, 0.15) is 11.6 Å². The number of amides is 1. The molecule has 0 saturated heterocycles. The third-order valence-corrected chi connectivity index (χ3v) is 5.96. The molecule has 0 aliphatic heterocycles. The second-order valence-corrected chi connectivity index (χ2v) is 9.93. The van der Waals surface area contributed by atoms with E-state index < -0.39 is 35.0 Å². The van der Waals surface area contributed by atoms with E-state index in [9.17, 15) is 14.0 Å². The first-order valence-electron chi connectivity index (χ1n) is 12.3. The summed E-state index contributed by atoms with van der Waals surface area (Å²) in [6.45, 7) is 5.16. The summed E-state index contributed by atoms with van der Waals surface area (Å²) in [7, 11) is 3.01. The van der Waals surface area contributed by atoms with Crippen molar-refractivity contribution >= 4 is 28.5 Å². The van der Waals surface area contributed by atoms with E-state index in [-0.39, 0.29) is 17.0 Å². The van der Waals surface area contributed by atoms with E-state index in [0.29, 0.717) is 28.2 Å². The molecule has 1 aromatic heterocycles. The molecule has 8 nitrogen and oxygen atoms in total. The lowest BCUT2D eigenvalue weighted by Gasteiger charge is -2.29. The Labute approximate surface area is 229 Å². The zero-order valence-electron chi connectivity index (χ0n) is 22.6. The number of nitrogens with one attached hydrogen (secondary N) is 1. The molecule has 1 N–H and O–H groups in total. The normalized spacial score (nSPS) is 12.0. The lowest BCUT2D eigenvalue weighted by Crippen LogP contribution is -2.42. The molecule has 0 spiro atoms. The van der Waals surface area contributed by atoms with E-state index in [1.54, 1.807) is 39.0 Å². The first-order chi connectivity index (χ1) is 19.0. The van der Waals surface area contributed by atoms with E-state index >= 15 is 4.39 Å². The summed E-state index contributed by atoms with van der Waals surface area (Å²) < 4.78 is 50.3. The molecule has 0 saturated carbocycles. The van der Waals surface area contributed by atoms with Crippen LogP contribution in [0.3, 0.4) is 0 Å². The third kappa shape index (κ3) is 6.28. The Hall–Kier alpha value is -4.73. The first-order valence-corrected chi connectivity index (χ1v) is 12.3. The monoisotopic (exact) mass is 550 g/mol. The van der Waals surface area contributed by atoms with Crippen LogP contribution in [0.25, 0.3) is 10.9 Å². The molecule has 208 valence electrons. The van der Waals surface area contributed by atoms with E-state index in [0.717, 1.165) is 18.2 Å². The van der Waals surface area contributed by atoms with Gasteiger partial charge in [0.15, 0.2) is 29.2 Å². The van der Waals surface area contributed by atoms with Crippen molar-refractivity contribution in [2.75, 3.05) is 19.5 Å². The summed E-state index contributed by atoms with van der Waals surface area (Å²) in [5.41, 5.74) is -0.0143. The number of hydrogen-bond donors (Lipinski definition) is 1. The van der Waals surface area contributed by atoms with E-state index in [2.05, 4.69) is 10.3 Å². The Morgan fingerprint density at radius 2 is 1.52 bits per heavy atom. The summed E-state index contributed by atoms with van der Waals surface area (Å²) in [5.74, 6) is -1.49. The summed E-state index contributed by atoms with van der Waals surface area (Å²) in [5, 5.41) is 3.17. The fourth-order valence-corrected chi connectivity index (χ4v) is 3.91. The molecule has 0 bridgehead atoms. The Bertz CT molecular complexity index is 1550. The number of hydrogen-bond acceptors (Lipinski definition) is 7. The number of anilines is 1. The van der Waals surface area contributed by atoms with Crippen LogP contribution in [0, 0.1) is 17.0 Å². The highest BCUT2D eigenvalue weighted by Gasteiger charge is 2.35. The van der Waals surface area contributed by atoms with Gasteiger partial charge >= 0.3 is 5.97 Å². The van der Waals surface area contributed by atoms with Crippen LogP contribution >= 0.6 is 0 Å². The van der Waals surface area contributed by atoms with Gasteiger partial charge in [-0.25, -0.2) is 13.6 Å². The van der Waals surface area contributed by atoms with Crippen molar-refractivity contribution < 1.29 is 37.3 Å². The summed E-state index contributed by atoms with van der Waals surface area (Å²) in [4.78, 5) is 30.0. The van der Waals surface area contributed by atoms with Crippen molar-refractivity contribution in [2.24, 2.45) is 5.41 Å². The first kappa shape index (κ1) is 28.3. The van der Waals surface area contributed by atoms with Gasteiger partial charge in [-0.2, -0.15) is 0 Å². The van der Waals surface area contributed by atoms with Crippen molar-refractivity contribution in [1.82, 2.24) is 4.98 Å². The van der Waals surface area contributed by atoms with Crippen molar-refractivity contribution in [3.05, 3.63) is 84.1 Å². The molecule has 4 aromatic rings. The highest BCUT2D eigenvalue weighted by Crippen LogP contribution is 2.37.